The van der Waals surface area contributed by atoms with E-state index in [0.29, 0.717) is 0 Å². The second-order valence-electron chi connectivity index (χ2n) is 9.85. The Kier molecular flexibility index (Phi) is 5.23. The van der Waals surface area contributed by atoms with Crippen LogP contribution in [0.25, 0.3) is 0 Å². The van der Waals surface area contributed by atoms with Crippen molar-refractivity contribution in [1.29, 1.82) is 0 Å². The molecule has 1 saturated carbocycles. The fourth-order valence-electron chi connectivity index (χ4n) is 4.53. The Labute approximate surface area is 200 Å². The summed E-state index contributed by atoms with van der Waals surface area (Å²) in [6, 6.07) is 1.45. The first-order valence-electron chi connectivity index (χ1n) is 11.4. The van der Waals surface area contributed by atoms with Crippen LogP contribution in [0, 0.1) is 12.3 Å². The molecule has 2 aliphatic rings. The first-order valence-corrected chi connectivity index (χ1v) is 12.2. The number of hydrogen-bond acceptors (Lipinski definition) is 9. The summed E-state index contributed by atoms with van der Waals surface area (Å²) in [5.41, 5.74) is -0.0934. The molecule has 2 aromatic heterocycles. The van der Waals surface area contributed by atoms with Gasteiger partial charge in [-0.1, -0.05) is 13.8 Å². The van der Waals surface area contributed by atoms with Crippen molar-refractivity contribution in [2.75, 3.05) is 17.7 Å². The Balaban J connectivity index is 1.45. The molecule has 2 heterocycles. The average molecular weight is 482 g/mol. The van der Waals surface area contributed by atoms with Crippen molar-refractivity contribution in [3.8, 4) is 5.75 Å². The zero-order valence-corrected chi connectivity index (χ0v) is 20.4. The summed E-state index contributed by atoms with van der Waals surface area (Å²) >= 11 is 1.60. The van der Waals surface area contributed by atoms with Crippen molar-refractivity contribution in [2.24, 2.45) is 5.41 Å². The van der Waals surface area contributed by atoms with Crippen LogP contribution >= 0.6 is 11.3 Å². The molecule has 1 unspecified atom stereocenters. The number of aryl methyl sites for hydroxylation is 2. The number of pyridine rings is 1. The van der Waals surface area contributed by atoms with Gasteiger partial charge in [-0.15, -0.1) is 11.3 Å². The van der Waals surface area contributed by atoms with E-state index in [1.807, 2.05) is 6.92 Å². The van der Waals surface area contributed by atoms with E-state index in [1.54, 1.807) is 23.3 Å². The molecular weight excluding hydrogens is 454 g/mol. The molecule has 5 rings (SSSR count). The normalized spacial score (nSPS) is 19.0. The fraction of sp³-hybridized carbons (Fsp3) is 0.458. The predicted molar refractivity (Wildman–Crippen MR) is 131 cm³/mol. The Bertz CT molecular complexity index is 1370. The number of nitrogens with zero attached hydrogens (tertiary/aromatic N) is 3. The van der Waals surface area contributed by atoms with Gasteiger partial charge in [0.2, 0.25) is 0 Å². The first-order chi connectivity index (χ1) is 16.1. The number of carbonyl (C=O) groups is 1. The zero-order valence-electron chi connectivity index (χ0n) is 19.6. The maximum Gasteiger partial charge on any atom is 0.276 e. The maximum absolute atomic E-state index is 12.7. The van der Waals surface area contributed by atoms with Crippen molar-refractivity contribution in [3.05, 3.63) is 54.0 Å². The third kappa shape index (κ3) is 3.66. The molecule has 9 nitrogen and oxygen atoms in total. The van der Waals surface area contributed by atoms with Crippen molar-refractivity contribution in [3.63, 3.8) is 0 Å². The predicted octanol–water partition coefficient (Wildman–Crippen LogP) is 3.25. The highest BCUT2D eigenvalue weighted by molar-refractivity contribution is 7.11. The molecule has 3 N–H and O–H groups in total. The first kappa shape index (κ1) is 22.5. The summed E-state index contributed by atoms with van der Waals surface area (Å²) in [4.78, 5) is 49.1. The van der Waals surface area contributed by atoms with Gasteiger partial charge >= 0.3 is 0 Å². The molecule has 0 radical (unpaired) electrons. The third-order valence-electron chi connectivity index (χ3n) is 6.88. The second kappa shape index (κ2) is 7.90. The van der Waals surface area contributed by atoms with Crippen LogP contribution in [0.15, 0.2) is 21.9 Å². The lowest BCUT2D eigenvalue weighted by atomic mass is 9.74. The van der Waals surface area contributed by atoms with E-state index in [1.165, 1.54) is 12.3 Å². The third-order valence-corrected chi connectivity index (χ3v) is 7.96. The number of aromatic hydroxyl groups is 1. The monoisotopic (exact) mass is 481 g/mol. The van der Waals surface area contributed by atoms with Crippen LogP contribution in [0.2, 0.25) is 0 Å². The van der Waals surface area contributed by atoms with Gasteiger partial charge in [0, 0.05) is 19.3 Å². The number of rotatable bonds is 6. The minimum Gasteiger partial charge on any atom is -0.504 e. The molecule has 10 heteroatoms. The molecule has 1 fully saturated rings. The van der Waals surface area contributed by atoms with Crippen molar-refractivity contribution in [2.45, 2.75) is 58.5 Å². The minimum atomic E-state index is -0.670. The van der Waals surface area contributed by atoms with E-state index >= 15 is 0 Å². The second-order valence-corrected chi connectivity index (χ2v) is 11.1. The molecule has 0 bridgehead atoms. The molecule has 2 aliphatic carbocycles. The summed E-state index contributed by atoms with van der Waals surface area (Å²) < 4.78 is 0. The lowest BCUT2D eigenvalue weighted by molar-refractivity contribution is 0.0776. The highest BCUT2D eigenvalue weighted by Crippen LogP contribution is 2.47. The maximum atomic E-state index is 12.7. The van der Waals surface area contributed by atoms with Crippen LogP contribution in [0.4, 0.5) is 17.1 Å². The summed E-state index contributed by atoms with van der Waals surface area (Å²) in [5.74, 6) is -0.735. The van der Waals surface area contributed by atoms with Crippen LogP contribution in [0.3, 0.4) is 0 Å². The van der Waals surface area contributed by atoms with Crippen LogP contribution in [0.5, 0.6) is 5.75 Å². The SMILES string of the molecule is Cc1nc2c(s1)C(Nc1c(Nc3ccnc(C(=O)N(C)C4CC4)c3O)c(=O)c1=O)C(C)(C)CC2. The smallest absolute Gasteiger partial charge is 0.276 e. The lowest BCUT2D eigenvalue weighted by Gasteiger charge is -2.39. The summed E-state index contributed by atoms with van der Waals surface area (Å²) in [6.07, 6.45) is 5.02. The lowest BCUT2D eigenvalue weighted by Crippen LogP contribution is -2.41. The number of fused-ring (bicyclic) bond motifs is 1. The molecule has 34 heavy (non-hydrogen) atoms. The summed E-state index contributed by atoms with van der Waals surface area (Å²) in [5, 5.41) is 17.9. The van der Waals surface area contributed by atoms with Gasteiger partial charge in [-0.25, -0.2) is 9.97 Å². The van der Waals surface area contributed by atoms with Gasteiger partial charge in [0.15, 0.2) is 11.4 Å². The molecule has 0 aliphatic heterocycles. The molecule has 0 spiro atoms. The Morgan fingerprint density at radius 1 is 1.24 bits per heavy atom. The van der Waals surface area contributed by atoms with Crippen LogP contribution < -0.4 is 21.5 Å². The number of aromatic nitrogens is 2. The van der Waals surface area contributed by atoms with E-state index in [0.717, 1.165) is 41.3 Å². The van der Waals surface area contributed by atoms with E-state index in [-0.39, 0.29) is 51.9 Å². The quantitative estimate of drug-likeness (QED) is 0.458. The van der Waals surface area contributed by atoms with Gasteiger partial charge in [0.25, 0.3) is 16.8 Å². The molecular formula is C24H27N5O4S. The number of hydrogen-bond donors (Lipinski definition) is 3. The molecule has 1 aromatic carbocycles. The summed E-state index contributed by atoms with van der Waals surface area (Å²) in [7, 11) is 1.68. The fourth-order valence-corrected chi connectivity index (χ4v) is 5.76. The van der Waals surface area contributed by atoms with Gasteiger partial charge in [-0.05, 0) is 44.1 Å². The van der Waals surface area contributed by atoms with E-state index in [9.17, 15) is 19.5 Å². The minimum absolute atomic E-state index is 0.0737. The van der Waals surface area contributed by atoms with E-state index in [4.69, 9.17) is 0 Å². The van der Waals surface area contributed by atoms with Gasteiger partial charge in [-0.2, -0.15) is 0 Å². The highest BCUT2D eigenvalue weighted by Gasteiger charge is 2.40. The van der Waals surface area contributed by atoms with Crippen LogP contribution in [-0.4, -0.2) is 39.0 Å². The number of thiazole rings is 1. The van der Waals surface area contributed by atoms with Crippen molar-refractivity contribution < 1.29 is 9.90 Å². The highest BCUT2D eigenvalue weighted by atomic mass is 32.1. The van der Waals surface area contributed by atoms with Crippen molar-refractivity contribution >= 4 is 34.3 Å². The van der Waals surface area contributed by atoms with Crippen LogP contribution in [0.1, 0.15) is 65.2 Å². The van der Waals surface area contributed by atoms with Crippen molar-refractivity contribution in [1.82, 2.24) is 14.9 Å². The number of amides is 1. The summed E-state index contributed by atoms with van der Waals surface area (Å²) in [6.45, 7) is 6.22. The standard InChI is InChI=1S/C24H27N5O4S/c1-11-26-14-7-9-24(2,3)22(21(14)34-11)28-16-15(19(31)20(16)32)27-13-8-10-25-17(18(13)30)23(33)29(4)12-5-6-12/h8,10,12,22,28,30H,5-7,9H2,1-4H3,(H,25,27). The van der Waals surface area contributed by atoms with Gasteiger partial charge in [-0.3, -0.25) is 14.4 Å². The Morgan fingerprint density at radius 2 is 1.94 bits per heavy atom. The number of nitrogens with one attached hydrogen (secondary N) is 2. The van der Waals surface area contributed by atoms with E-state index < -0.39 is 10.9 Å². The molecule has 1 atom stereocenters. The molecule has 3 aromatic rings. The number of anilines is 3. The molecule has 178 valence electrons. The Hall–Kier alpha value is -3.27. The molecule has 1 amide bonds. The van der Waals surface area contributed by atoms with Gasteiger partial charge < -0.3 is 20.6 Å². The zero-order chi connectivity index (χ0) is 24.4. The van der Waals surface area contributed by atoms with Gasteiger partial charge in [0.1, 0.15) is 11.4 Å². The van der Waals surface area contributed by atoms with E-state index in [2.05, 4.69) is 34.4 Å². The Morgan fingerprint density at radius 3 is 2.65 bits per heavy atom. The average Bonchev–Trinajstić information content (AvgIpc) is 3.58. The number of carbonyl (C=O) groups excluding carboxylic acids is 1. The van der Waals surface area contributed by atoms with Gasteiger partial charge in [0.05, 0.1) is 27.3 Å². The molecule has 0 saturated heterocycles. The van der Waals surface area contributed by atoms with Crippen LogP contribution in [-0.2, 0) is 6.42 Å². The largest absolute Gasteiger partial charge is 0.504 e. The topological polar surface area (TPSA) is 125 Å².